The number of esters is 1. The Bertz CT molecular complexity index is 765. The zero-order valence-corrected chi connectivity index (χ0v) is 33.4. The second-order valence-electron chi connectivity index (χ2n) is 16.0. The maximum Gasteiger partial charge on any atom is 0.310 e. The number of unbranched alkanes of at least 4 members (excludes halogenated alkanes) is 16. The van der Waals surface area contributed by atoms with Crippen molar-refractivity contribution < 1.29 is 23.7 Å². The van der Waals surface area contributed by atoms with Gasteiger partial charge < -0.3 is 23.8 Å². The van der Waals surface area contributed by atoms with Gasteiger partial charge in [0.05, 0.1) is 25.7 Å². The van der Waals surface area contributed by atoms with Crippen molar-refractivity contribution in [2.24, 2.45) is 17.8 Å². The molecule has 0 bridgehead atoms. The second kappa shape index (κ2) is 29.8. The zero-order valence-electron chi connectivity index (χ0n) is 33.4. The molecule has 0 amide bonds. The summed E-state index contributed by atoms with van der Waals surface area (Å²) >= 11 is 0. The molecule has 0 radical (unpaired) electrons. The second-order valence-corrected chi connectivity index (χ2v) is 16.0. The number of ether oxygens (including phenoxy) is 4. The van der Waals surface area contributed by atoms with Crippen molar-refractivity contribution in [1.29, 1.82) is 0 Å². The topological polar surface area (TPSA) is 57.2 Å². The Kier molecular flexibility index (Phi) is 27.1. The van der Waals surface area contributed by atoms with Crippen LogP contribution in [-0.2, 0) is 23.7 Å². The summed E-state index contributed by atoms with van der Waals surface area (Å²) in [4.78, 5) is 15.2. The third-order valence-corrected chi connectivity index (χ3v) is 11.3. The van der Waals surface area contributed by atoms with E-state index >= 15 is 0 Å². The first-order valence-corrected chi connectivity index (χ1v) is 21.7. The first kappa shape index (κ1) is 44.5. The van der Waals surface area contributed by atoms with Gasteiger partial charge in [0.25, 0.3) is 0 Å². The van der Waals surface area contributed by atoms with Gasteiger partial charge in [-0.15, -0.1) is 0 Å². The molecule has 2 heterocycles. The molecule has 0 saturated carbocycles. The Morgan fingerprint density at radius 2 is 1.10 bits per heavy atom. The van der Waals surface area contributed by atoms with E-state index in [1.54, 1.807) is 0 Å². The third kappa shape index (κ3) is 20.8. The van der Waals surface area contributed by atoms with Crippen LogP contribution < -0.4 is 0 Å². The Hall–Kier alpha value is -0.690. The van der Waals surface area contributed by atoms with E-state index in [0.717, 1.165) is 32.7 Å². The molecule has 6 nitrogen and oxygen atoms in total. The van der Waals surface area contributed by atoms with E-state index < -0.39 is 0 Å². The van der Waals surface area contributed by atoms with E-state index in [0.29, 0.717) is 18.4 Å². The van der Waals surface area contributed by atoms with Gasteiger partial charge in [-0.2, -0.15) is 0 Å². The van der Waals surface area contributed by atoms with Crippen LogP contribution in [0.15, 0.2) is 0 Å². The molecule has 0 aromatic rings. The summed E-state index contributed by atoms with van der Waals surface area (Å²) < 4.78 is 25.9. The maximum atomic E-state index is 13.0. The minimum absolute atomic E-state index is 0.0296. The lowest BCUT2D eigenvalue weighted by atomic mass is 9.94. The average molecular weight is 694 g/mol. The Labute approximate surface area is 304 Å². The Morgan fingerprint density at radius 3 is 1.57 bits per heavy atom. The van der Waals surface area contributed by atoms with Crippen LogP contribution in [0, 0.1) is 17.8 Å². The first-order valence-electron chi connectivity index (χ1n) is 21.7. The fraction of sp³-hybridized carbons (Fsp3) is 0.977. The molecule has 6 atom stereocenters. The standard InChI is InChI=1S/C43H83NO5/c1-6-10-14-18-20-24-28-37(26-22-16-12-8-3)33-46-40-35-47-41(36-49-43(45)39-30-31-44(5)32-39)42(40)48-34-38(27-23-17-13-9-4)29-25-21-19-15-11-7-2/h37-42H,6-36H2,1-5H3/t37?,38?,39?,40-,41+,42+/m0/s1. The highest BCUT2D eigenvalue weighted by Crippen LogP contribution is 2.28. The molecule has 0 spiro atoms. The summed E-state index contributed by atoms with van der Waals surface area (Å²) in [5.41, 5.74) is 0. The number of hydrogen-bond donors (Lipinski definition) is 0. The molecule has 6 heteroatoms. The zero-order chi connectivity index (χ0) is 35.4. The number of rotatable bonds is 33. The third-order valence-electron chi connectivity index (χ3n) is 11.3. The minimum Gasteiger partial charge on any atom is -0.463 e. The summed E-state index contributed by atoms with van der Waals surface area (Å²) in [7, 11) is 2.08. The molecule has 0 aliphatic carbocycles. The van der Waals surface area contributed by atoms with E-state index in [4.69, 9.17) is 18.9 Å². The molecule has 3 unspecified atom stereocenters. The quantitative estimate of drug-likeness (QED) is 0.0504. The van der Waals surface area contributed by atoms with E-state index in [2.05, 4.69) is 39.6 Å². The van der Waals surface area contributed by atoms with Crippen LogP contribution in [0.4, 0.5) is 0 Å². The molecule has 2 aliphatic rings. The normalized spacial score (nSPS) is 22.6. The molecule has 0 aromatic heterocycles. The van der Waals surface area contributed by atoms with Crippen molar-refractivity contribution in [2.75, 3.05) is 46.6 Å². The number of carbonyl (C=O) groups excluding carboxylic acids is 1. The van der Waals surface area contributed by atoms with Crippen LogP contribution in [0.2, 0.25) is 0 Å². The number of carbonyl (C=O) groups is 1. The van der Waals surface area contributed by atoms with Crippen molar-refractivity contribution in [2.45, 2.75) is 207 Å². The minimum atomic E-state index is -0.260. The van der Waals surface area contributed by atoms with Crippen LogP contribution in [0.1, 0.15) is 188 Å². The summed E-state index contributed by atoms with van der Waals surface area (Å²) in [6.07, 6.45) is 31.8. The van der Waals surface area contributed by atoms with Crippen molar-refractivity contribution in [1.82, 2.24) is 4.90 Å². The highest BCUT2D eigenvalue weighted by Gasteiger charge is 2.41. The molecule has 2 rings (SSSR count). The Morgan fingerprint density at radius 1 is 0.653 bits per heavy atom. The average Bonchev–Trinajstić information content (AvgIpc) is 3.72. The van der Waals surface area contributed by atoms with E-state index in [1.165, 1.54) is 154 Å². The Balaban J connectivity index is 2.02. The van der Waals surface area contributed by atoms with Crippen LogP contribution in [-0.4, -0.2) is 75.7 Å². The summed E-state index contributed by atoms with van der Waals surface area (Å²) in [5, 5.41) is 0. The van der Waals surface area contributed by atoms with Crippen molar-refractivity contribution in [3.05, 3.63) is 0 Å². The predicted octanol–water partition coefficient (Wildman–Crippen LogP) is 11.3. The number of hydrogen-bond acceptors (Lipinski definition) is 6. The van der Waals surface area contributed by atoms with E-state index in [9.17, 15) is 4.79 Å². The van der Waals surface area contributed by atoms with Crippen LogP contribution >= 0.6 is 0 Å². The summed E-state index contributed by atoms with van der Waals surface area (Å²) in [6, 6.07) is 0. The summed E-state index contributed by atoms with van der Waals surface area (Å²) in [5.74, 6) is 1.05. The molecule has 290 valence electrons. The molecular formula is C43H83NO5. The van der Waals surface area contributed by atoms with Crippen molar-refractivity contribution in [3.63, 3.8) is 0 Å². The number of likely N-dealkylation sites (tertiary alicyclic amines) is 1. The predicted molar refractivity (Wildman–Crippen MR) is 206 cm³/mol. The van der Waals surface area contributed by atoms with Gasteiger partial charge in [0.2, 0.25) is 0 Å². The van der Waals surface area contributed by atoms with E-state index in [-0.39, 0.29) is 36.8 Å². The van der Waals surface area contributed by atoms with Crippen LogP contribution in [0.25, 0.3) is 0 Å². The van der Waals surface area contributed by atoms with Gasteiger partial charge in [0.1, 0.15) is 24.9 Å². The monoisotopic (exact) mass is 694 g/mol. The maximum absolute atomic E-state index is 13.0. The van der Waals surface area contributed by atoms with Gasteiger partial charge in [-0.3, -0.25) is 4.79 Å². The molecule has 0 N–H and O–H groups in total. The van der Waals surface area contributed by atoms with Crippen molar-refractivity contribution in [3.8, 4) is 0 Å². The van der Waals surface area contributed by atoms with Crippen LogP contribution in [0.3, 0.4) is 0 Å². The molecular weight excluding hydrogens is 610 g/mol. The summed E-state index contributed by atoms with van der Waals surface area (Å²) in [6.45, 7) is 13.2. The molecule has 2 fully saturated rings. The SMILES string of the molecule is CCCCCCCCC(CCCCCC)CO[C@@H]1[C@@H](OCC(CCCCCC)CCCCCCCC)CO[C@@H]1COC(=O)C1CCN(C)C1. The largest absolute Gasteiger partial charge is 0.463 e. The van der Waals surface area contributed by atoms with Gasteiger partial charge in [-0.05, 0) is 57.5 Å². The highest BCUT2D eigenvalue weighted by atomic mass is 16.6. The lowest BCUT2D eigenvalue weighted by Crippen LogP contribution is -2.40. The van der Waals surface area contributed by atoms with Gasteiger partial charge in [0.15, 0.2) is 0 Å². The fourth-order valence-electron chi connectivity index (χ4n) is 7.83. The van der Waals surface area contributed by atoms with Gasteiger partial charge in [-0.1, -0.05) is 156 Å². The molecule has 2 aliphatic heterocycles. The smallest absolute Gasteiger partial charge is 0.310 e. The lowest BCUT2D eigenvalue weighted by molar-refractivity contribution is -0.154. The lowest BCUT2D eigenvalue weighted by Gasteiger charge is -2.28. The molecule has 2 saturated heterocycles. The van der Waals surface area contributed by atoms with Gasteiger partial charge >= 0.3 is 5.97 Å². The van der Waals surface area contributed by atoms with E-state index in [1.807, 2.05) is 0 Å². The first-order chi connectivity index (χ1) is 24.0. The molecule has 49 heavy (non-hydrogen) atoms. The van der Waals surface area contributed by atoms with Gasteiger partial charge in [-0.25, -0.2) is 0 Å². The number of nitrogens with zero attached hydrogens (tertiary/aromatic N) is 1. The molecule has 0 aromatic carbocycles. The van der Waals surface area contributed by atoms with Gasteiger partial charge in [0, 0.05) is 6.54 Å². The highest BCUT2D eigenvalue weighted by molar-refractivity contribution is 5.73. The van der Waals surface area contributed by atoms with Crippen molar-refractivity contribution >= 4 is 5.97 Å². The fourth-order valence-corrected chi connectivity index (χ4v) is 7.83. The van der Waals surface area contributed by atoms with Crippen LogP contribution in [0.5, 0.6) is 0 Å².